The minimum atomic E-state index is -0.749. The van der Waals surface area contributed by atoms with Crippen LogP contribution in [-0.2, 0) is 4.79 Å². The molecule has 3 unspecified atom stereocenters. The van der Waals surface area contributed by atoms with Gasteiger partial charge in [0.05, 0.1) is 11.5 Å². The molecule has 0 aromatic heterocycles. The lowest BCUT2D eigenvalue weighted by atomic mass is 9.64. The van der Waals surface area contributed by atoms with Gasteiger partial charge in [0.15, 0.2) is 0 Å². The summed E-state index contributed by atoms with van der Waals surface area (Å²) < 4.78 is 0. The Bertz CT molecular complexity index is 202. The van der Waals surface area contributed by atoms with E-state index < -0.39 is 17.5 Å². The summed E-state index contributed by atoms with van der Waals surface area (Å²) in [6, 6.07) is 0. The molecule has 1 aliphatic carbocycles. The second-order valence-electron chi connectivity index (χ2n) is 4.15. The molecule has 0 spiro atoms. The zero-order valence-electron chi connectivity index (χ0n) is 8.29. The van der Waals surface area contributed by atoms with Crippen molar-refractivity contribution in [1.29, 1.82) is 0 Å². The van der Waals surface area contributed by atoms with Crippen molar-refractivity contribution in [2.45, 2.75) is 45.6 Å². The van der Waals surface area contributed by atoms with Gasteiger partial charge in [0.1, 0.15) is 0 Å². The van der Waals surface area contributed by atoms with Crippen molar-refractivity contribution < 1.29 is 15.0 Å². The third kappa shape index (κ3) is 1.70. The maximum Gasteiger partial charge on any atom is 0.309 e. The van der Waals surface area contributed by atoms with E-state index in [4.69, 9.17) is 5.11 Å². The van der Waals surface area contributed by atoms with E-state index in [2.05, 4.69) is 0 Å². The highest BCUT2D eigenvalue weighted by molar-refractivity contribution is 5.75. The van der Waals surface area contributed by atoms with Crippen molar-refractivity contribution in [1.82, 2.24) is 0 Å². The topological polar surface area (TPSA) is 57.5 Å². The van der Waals surface area contributed by atoms with Gasteiger partial charge in [-0.3, -0.25) is 4.79 Å². The van der Waals surface area contributed by atoms with Crippen LogP contribution in [0, 0.1) is 11.3 Å². The quantitative estimate of drug-likeness (QED) is 0.689. The standard InChI is InChI=1S/C10H18O3/c1-3-10(9(12)13)6-8(11)5-4-7(10)2/h7-8,11H,3-6H2,1-2H3,(H,12,13). The molecule has 3 heteroatoms. The number of carboxylic acid groups (broad SMARTS) is 1. The lowest BCUT2D eigenvalue weighted by Crippen LogP contribution is -2.43. The monoisotopic (exact) mass is 186 g/mol. The summed E-state index contributed by atoms with van der Waals surface area (Å²) in [5, 5.41) is 18.6. The van der Waals surface area contributed by atoms with Crippen LogP contribution >= 0.6 is 0 Å². The molecule has 0 saturated heterocycles. The number of rotatable bonds is 2. The van der Waals surface area contributed by atoms with Crippen LogP contribution in [0.5, 0.6) is 0 Å². The third-order valence-corrected chi connectivity index (χ3v) is 3.53. The van der Waals surface area contributed by atoms with Gasteiger partial charge in [0.25, 0.3) is 0 Å². The highest BCUT2D eigenvalue weighted by atomic mass is 16.4. The van der Waals surface area contributed by atoms with Crippen LogP contribution in [-0.4, -0.2) is 22.3 Å². The Balaban J connectivity index is 2.86. The van der Waals surface area contributed by atoms with Crippen molar-refractivity contribution in [3.8, 4) is 0 Å². The van der Waals surface area contributed by atoms with Gasteiger partial charge in [-0.05, 0) is 31.6 Å². The van der Waals surface area contributed by atoms with Crippen LogP contribution in [0.25, 0.3) is 0 Å². The smallest absolute Gasteiger partial charge is 0.309 e. The van der Waals surface area contributed by atoms with E-state index in [1.807, 2.05) is 13.8 Å². The number of hydrogen-bond donors (Lipinski definition) is 2. The Morgan fingerprint density at radius 1 is 1.54 bits per heavy atom. The van der Waals surface area contributed by atoms with Crippen LogP contribution in [0.15, 0.2) is 0 Å². The molecule has 1 aliphatic rings. The maximum atomic E-state index is 11.2. The first-order valence-corrected chi connectivity index (χ1v) is 4.94. The molecule has 0 radical (unpaired) electrons. The second kappa shape index (κ2) is 3.66. The number of aliphatic carboxylic acids is 1. The minimum absolute atomic E-state index is 0.179. The van der Waals surface area contributed by atoms with Gasteiger partial charge in [-0.25, -0.2) is 0 Å². The molecule has 0 amide bonds. The van der Waals surface area contributed by atoms with Gasteiger partial charge >= 0.3 is 5.97 Å². The van der Waals surface area contributed by atoms with Gasteiger partial charge in [-0.1, -0.05) is 13.8 Å². The molecule has 0 aromatic carbocycles. The molecular weight excluding hydrogens is 168 g/mol. The van der Waals surface area contributed by atoms with Crippen molar-refractivity contribution >= 4 is 5.97 Å². The largest absolute Gasteiger partial charge is 0.481 e. The summed E-state index contributed by atoms with van der Waals surface area (Å²) >= 11 is 0. The van der Waals surface area contributed by atoms with E-state index >= 15 is 0 Å². The van der Waals surface area contributed by atoms with Gasteiger partial charge in [-0.15, -0.1) is 0 Å². The SMILES string of the molecule is CCC1(C(=O)O)CC(O)CCC1C. The lowest BCUT2D eigenvalue weighted by Gasteiger charge is -2.40. The number of aliphatic hydroxyl groups is 1. The van der Waals surface area contributed by atoms with E-state index in [-0.39, 0.29) is 5.92 Å². The third-order valence-electron chi connectivity index (χ3n) is 3.53. The maximum absolute atomic E-state index is 11.2. The van der Waals surface area contributed by atoms with Crippen molar-refractivity contribution in [2.75, 3.05) is 0 Å². The van der Waals surface area contributed by atoms with Gasteiger partial charge in [-0.2, -0.15) is 0 Å². The first kappa shape index (κ1) is 10.5. The van der Waals surface area contributed by atoms with Crippen LogP contribution in [0.2, 0.25) is 0 Å². The van der Waals surface area contributed by atoms with Crippen LogP contribution in [0.1, 0.15) is 39.5 Å². The highest BCUT2D eigenvalue weighted by Crippen LogP contribution is 2.43. The zero-order valence-corrected chi connectivity index (χ0v) is 8.29. The van der Waals surface area contributed by atoms with E-state index in [0.717, 1.165) is 12.8 Å². The molecule has 3 nitrogen and oxygen atoms in total. The first-order valence-electron chi connectivity index (χ1n) is 4.94. The molecular formula is C10H18O3. The van der Waals surface area contributed by atoms with E-state index in [1.165, 1.54) is 0 Å². The fraction of sp³-hybridized carbons (Fsp3) is 0.900. The molecule has 13 heavy (non-hydrogen) atoms. The molecule has 0 aromatic rings. The fourth-order valence-corrected chi connectivity index (χ4v) is 2.38. The van der Waals surface area contributed by atoms with Crippen LogP contribution in [0.4, 0.5) is 0 Å². The first-order chi connectivity index (χ1) is 6.03. The normalized spacial score (nSPS) is 40.2. The Kier molecular flexibility index (Phi) is 2.96. The molecule has 3 atom stereocenters. The fourth-order valence-electron chi connectivity index (χ4n) is 2.38. The molecule has 76 valence electrons. The number of hydrogen-bond acceptors (Lipinski definition) is 2. The molecule has 1 rings (SSSR count). The van der Waals surface area contributed by atoms with Gasteiger partial charge in [0, 0.05) is 0 Å². The number of carboxylic acids is 1. The summed E-state index contributed by atoms with van der Waals surface area (Å²) in [7, 11) is 0. The molecule has 2 N–H and O–H groups in total. The summed E-state index contributed by atoms with van der Waals surface area (Å²) in [6.07, 6.45) is 2.17. The molecule has 0 heterocycles. The predicted octanol–water partition coefficient (Wildman–Crippen LogP) is 1.65. The van der Waals surface area contributed by atoms with E-state index in [9.17, 15) is 9.90 Å². The summed E-state index contributed by atoms with van der Waals surface area (Å²) in [5.41, 5.74) is -0.683. The molecule has 0 aliphatic heterocycles. The van der Waals surface area contributed by atoms with Crippen LogP contribution < -0.4 is 0 Å². The minimum Gasteiger partial charge on any atom is -0.481 e. The summed E-state index contributed by atoms with van der Waals surface area (Å²) in [4.78, 5) is 11.2. The summed E-state index contributed by atoms with van der Waals surface area (Å²) in [6.45, 7) is 3.87. The molecule has 1 saturated carbocycles. The highest BCUT2D eigenvalue weighted by Gasteiger charge is 2.46. The molecule has 0 bridgehead atoms. The van der Waals surface area contributed by atoms with Crippen molar-refractivity contribution in [2.24, 2.45) is 11.3 Å². The predicted molar refractivity (Wildman–Crippen MR) is 49.4 cm³/mol. The average molecular weight is 186 g/mol. The van der Waals surface area contributed by atoms with Gasteiger partial charge < -0.3 is 10.2 Å². The zero-order chi connectivity index (χ0) is 10.1. The Labute approximate surface area is 78.8 Å². The Morgan fingerprint density at radius 2 is 2.15 bits per heavy atom. The number of carbonyl (C=O) groups is 1. The van der Waals surface area contributed by atoms with E-state index in [1.54, 1.807) is 0 Å². The number of aliphatic hydroxyl groups excluding tert-OH is 1. The Morgan fingerprint density at radius 3 is 2.54 bits per heavy atom. The average Bonchev–Trinajstić information content (AvgIpc) is 2.09. The Hall–Kier alpha value is -0.570. The van der Waals surface area contributed by atoms with Crippen LogP contribution in [0.3, 0.4) is 0 Å². The summed E-state index contributed by atoms with van der Waals surface area (Å²) in [5.74, 6) is -0.570. The lowest BCUT2D eigenvalue weighted by molar-refractivity contribution is -0.158. The van der Waals surface area contributed by atoms with E-state index in [0.29, 0.717) is 12.8 Å². The second-order valence-corrected chi connectivity index (χ2v) is 4.15. The van der Waals surface area contributed by atoms with Crippen molar-refractivity contribution in [3.63, 3.8) is 0 Å². The van der Waals surface area contributed by atoms with Gasteiger partial charge in [0.2, 0.25) is 0 Å². The molecule has 1 fully saturated rings. The van der Waals surface area contributed by atoms with Crippen molar-refractivity contribution in [3.05, 3.63) is 0 Å².